The van der Waals surface area contributed by atoms with Crippen LogP contribution in [0.3, 0.4) is 0 Å². The van der Waals surface area contributed by atoms with Crippen LogP contribution in [-0.2, 0) is 25.9 Å². The highest BCUT2D eigenvalue weighted by molar-refractivity contribution is 7.94. The molecule has 38 heavy (non-hydrogen) atoms. The number of hydrogen-bond donors (Lipinski definition) is 3. The summed E-state index contributed by atoms with van der Waals surface area (Å²) in [5.41, 5.74) is 2.77. The predicted molar refractivity (Wildman–Crippen MR) is 149 cm³/mol. The average Bonchev–Trinajstić information content (AvgIpc) is 3.33. The Morgan fingerprint density at radius 1 is 0.868 bits per heavy atom. The van der Waals surface area contributed by atoms with Gasteiger partial charge in [-0.15, -0.1) is 0 Å². The van der Waals surface area contributed by atoms with Gasteiger partial charge in [0.05, 0.1) is 10.6 Å². The van der Waals surface area contributed by atoms with Crippen LogP contribution in [0.1, 0.15) is 17.0 Å². The SMILES string of the molecule is O=C(Nc1ccccc1)C1Nc2cccc(N(CS(=O)O)S(=O)(=O)c3ccccc3)c2C1c1ccccc1. The normalized spacial score (nSPS) is 17.2. The van der Waals surface area contributed by atoms with Crippen molar-refractivity contribution in [3.63, 3.8) is 0 Å². The molecule has 0 saturated carbocycles. The fourth-order valence-electron chi connectivity index (χ4n) is 4.71. The highest BCUT2D eigenvalue weighted by Gasteiger charge is 2.42. The van der Waals surface area contributed by atoms with Gasteiger partial charge in [0.25, 0.3) is 10.0 Å². The number of amides is 1. The zero-order valence-corrected chi connectivity index (χ0v) is 21.7. The number of para-hydroxylation sites is 1. The number of rotatable bonds is 8. The smallest absolute Gasteiger partial charge is 0.265 e. The Morgan fingerprint density at radius 3 is 2.11 bits per heavy atom. The molecule has 1 amide bonds. The molecular weight excluding hydrogens is 522 g/mol. The van der Waals surface area contributed by atoms with E-state index < -0.39 is 38.9 Å². The third kappa shape index (κ3) is 5.06. The van der Waals surface area contributed by atoms with Gasteiger partial charge in [0, 0.05) is 22.9 Å². The zero-order chi connectivity index (χ0) is 26.7. The lowest BCUT2D eigenvalue weighted by molar-refractivity contribution is -0.117. The molecule has 194 valence electrons. The third-order valence-corrected chi connectivity index (χ3v) is 8.76. The van der Waals surface area contributed by atoms with Crippen molar-refractivity contribution in [3.05, 3.63) is 120 Å². The molecule has 1 aliphatic heterocycles. The van der Waals surface area contributed by atoms with Gasteiger partial charge in [0.15, 0.2) is 11.1 Å². The van der Waals surface area contributed by atoms with E-state index in [1.54, 1.807) is 48.5 Å². The number of nitrogens with one attached hydrogen (secondary N) is 2. The van der Waals surface area contributed by atoms with Crippen molar-refractivity contribution in [2.24, 2.45) is 0 Å². The van der Waals surface area contributed by atoms with Crippen LogP contribution in [0.15, 0.2) is 114 Å². The number of benzene rings is 4. The molecule has 3 N–H and O–H groups in total. The van der Waals surface area contributed by atoms with E-state index >= 15 is 0 Å². The van der Waals surface area contributed by atoms with Crippen LogP contribution in [0.4, 0.5) is 17.1 Å². The first-order chi connectivity index (χ1) is 18.4. The van der Waals surface area contributed by atoms with E-state index in [0.717, 1.165) is 9.87 Å². The van der Waals surface area contributed by atoms with Crippen LogP contribution in [0, 0.1) is 0 Å². The summed E-state index contributed by atoms with van der Waals surface area (Å²) in [6, 6.07) is 30.4. The van der Waals surface area contributed by atoms with Crippen molar-refractivity contribution in [1.29, 1.82) is 0 Å². The topological polar surface area (TPSA) is 116 Å². The molecular formula is C28H25N3O5S2. The molecule has 0 bridgehead atoms. The standard InChI is InChI=1S/C28H25N3O5S2/c32-28(29-21-13-6-2-7-14-21)27-25(20-11-4-1-5-12-20)26-23(30-27)17-10-18-24(26)31(19-37(33)34)38(35,36)22-15-8-3-9-16-22/h1-18,25,27,30H,19H2,(H,29,32)(H,33,34). The summed E-state index contributed by atoms with van der Waals surface area (Å²) in [5.74, 6) is -1.54. The maximum atomic E-state index is 13.7. The van der Waals surface area contributed by atoms with Gasteiger partial charge in [0.2, 0.25) is 5.91 Å². The number of fused-ring (bicyclic) bond motifs is 1. The molecule has 0 radical (unpaired) electrons. The van der Waals surface area contributed by atoms with E-state index in [1.165, 1.54) is 12.1 Å². The summed E-state index contributed by atoms with van der Waals surface area (Å²) in [4.78, 5) is 13.5. The van der Waals surface area contributed by atoms with E-state index in [9.17, 15) is 22.0 Å². The molecule has 8 nitrogen and oxygen atoms in total. The van der Waals surface area contributed by atoms with Gasteiger partial charge < -0.3 is 15.2 Å². The molecule has 4 aromatic carbocycles. The lowest BCUT2D eigenvalue weighted by atomic mass is 9.86. The van der Waals surface area contributed by atoms with Gasteiger partial charge in [-0.05, 0) is 42.0 Å². The van der Waals surface area contributed by atoms with E-state index in [2.05, 4.69) is 10.6 Å². The van der Waals surface area contributed by atoms with Gasteiger partial charge in [0.1, 0.15) is 11.9 Å². The molecule has 10 heteroatoms. The van der Waals surface area contributed by atoms with E-state index in [4.69, 9.17) is 0 Å². The number of carbonyl (C=O) groups excluding carboxylic acids is 1. The second-order valence-corrected chi connectivity index (χ2v) is 11.5. The fourth-order valence-corrected chi connectivity index (χ4v) is 7.05. The Balaban J connectivity index is 1.64. The summed E-state index contributed by atoms with van der Waals surface area (Å²) >= 11 is -2.47. The Labute approximate surface area is 223 Å². The zero-order valence-electron chi connectivity index (χ0n) is 20.1. The number of anilines is 3. The molecule has 0 aliphatic carbocycles. The minimum Gasteiger partial charge on any atom is -0.373 e. The van der Waals surface area contributed by atoms with Crippen LogP contribution < -0.4 is 14.9 Å². The molecule has 0 spiro atoms. The predicted octanol–water partition coefficient (Wildman–Crippen LogP) is 4.63. The lowest BCUT2D eigenvalue weighted by Crippen LogP contribution is -2.37. The van der Waals surface area contributed by atoms with Crippen molar-refractivity contribution in [2.75, 3.05) is 20.8 Å². The number of nitrogens with zero attached hydrogens (tertiary/aromatic N) is 1. The summed E-state index contributed by atoms with van der Waals surface area (Å²) in [6.45, 7) is 0. The highest BCUT2D eigenvalue weighted by atomic mass is 32.2. The summed E-state index contributed by atoms with van der Waals surface area (Å²) in [7, 11) is -4.21. The minimum atomic E-state index is -4.21. The second kappa shape index (κ2) is 10.8. The van der Waals surface area contributed by atoms with Crippen LogP contribution >= 0.6 is 0 Å². The second-order valence-electron chi connectivity index (χ2n) is 8.72. The van der Waals surface area contributed by atoms with Crippen LogP contribution in [0.2, 0.25) is 0 Å². The molecule has 5 rings (SSSR count). The Hall–Kier alpha value is -3.99. The summed E-state index contributed by atoms with van der Waals surface area (Å²) in [6.07, 6.45) is 0. The van der Waals surface area contributed by atoms with E-state index in [1.807, 2.05) is 48.5 Å². The van der Waals surface area contributed by atoms with Gasteiger partial charge >= 0.3 is 0 Å². The van der Waals surface area contributed by atoms with Gasteiger partial charge in [-0.25, -0.2) is 12.6 Å². The van der Waals surface area contributed by atoms with Gasteiger partial charge in [-0.1, -0.05) is 72.8 Å². The maximum Gasteiger partial charge on any atom is 0.265 e. The Morgan fingerprint density at radius 2 is 1.47 bits per heavy atom. The number of hydrogen-bond acceptors (Lipinski definition) is 5. The number of carbonyl (C=O) groups is 1. The molecule has 3 unspecified atom stereocenters. The van der Waals surface area contributed by atoms with Gasteiger partial charge in [-0.2, -0.15) is 0 Å². The van der Waals surface area contributed by atoms with Crippen LogP contribution in [0.5, 0.6) is 0 Å². The van der Waals surface area contributed by atoms with E-state index in [-0.39, 0.29) is 16.5 Å². The van der Waals surface area contributed by atoms with Crippen molar-refractivity contribution in [3.8, 4) is 0 Å². The monoisotopic (exact) mass is 547 g/mol. The van der Waals surface area contributed by atoms with Crippen LogP contribution in [0.25, 0.3) is 0 Å². The van der Waals surface area contributed by atoms with Crippen molar-refractivity contribution >= 4 is 44.1 Å². The van der Waals surface area contributed by atoms with Crippen LogP contribution in [-0.4, -0.2) is 35.0 Å². The average molecular weight is 548 g/mol. The minimum absolute atomic E-state index is 0.0105. The fraction of sp³-hybridized carbons (Fsp3) is 0.107. The summed E-state index contributed by atoms with van der Waals surface area (Å²) in [5, 5.41) is 6.20. The van der Waals surface area contributed by atoms with E-state index in [0.29, 0.717) is 16.9 Å². The summed E-state index contributed by atoms with van der Waals surface area (Å²) < 4.78 is 50.3. The number of sulfonamides is 1. The quantitative estimate of drug-likeness (QED) is 0.277. The van der Waals surface area contributed by atoms with Crippen molar-refractivity contribution in [1.82, 2.24) is 0 Å². The molecule has 0 saturated heterocycles. The first kappa shape index (κ1) is 25.7. The molecule has 4 aromatic rings. The molecule has 1 aliphatic rings. The Kier molecular flexibility index (Phi) is 7.28. The highest BCUT2D eigenvalue weighted by Crippen LogP contribution is 2.47. The van der Waals surface area contributed by atoms with Gasteiger partial charge in [-0.3, -0.25) is 9.10 Å². The lowest BCUT2D eigenvalue weighted by Gasteiger charge is -2.27. The first-order valence-corrected chi connectivity index (χ1v) is 14.5. The first-order valence-electron chi connectivity index (χ1n) is 11.8. The Bertz CT molecular complexity index is 1570. The van der Waals surface area contributed by atoms with Crippen molar-refractivity contribution in [2.45, 2.75) is 16.9 Å². The molecule has 0 aromatic heterocycles. The molecule has 3 atom stereocenters. The maximum absolute atomic E-state index is 13.7. The largest absolute Gasteiger partial charge is 0.373 e. The molecule has 0 fully saturated rings. The third-order valence-electron chi connectivity index (χ3n) is 6.35. The van der Waals surface area contributed by atoms with Crippen molar-refractivity contribution < 1.29 is 22.0 Å². The molecule has 1 heterocycles.